The molecule has 1 aromatic rings. The number of aliphatic hydroxyl groups is 1. The van der Waals surface area contributed by atoms with Crippen molar-refractivity contribution in [1.29, 1.82) is 0 Å². The van der Waals surface area contributed by atoms with Gasteiger partial charge in [0.15, 0.2) is 0 Å². The van der Waals surface area contributed by atoms with E-state index in [-0.39, 0.29) is 12.0 Å². The van der Waals surface area contributed by atoms with Crippen LogP contribution in [0.4, 0.5) is 0 Å². The molecule has 2 rings (SSSR count). The smallest absolute Gasteiger partial charge is 0.0499 e. The molecule has 0 spiro atoms. The maximum atomic E-state index is 9.64. The Hall–Kier alpha value is -0.380. The van der Waals surface area contributed by atoms with Crippen molar-refractivity contribution < 1.29 is 5.11 Å². The highest BCUT2D eigenvalue weighted by Gasteiger charge is 2.28. The van der Waals surface area contributed by atoms with Crippen LogP contribution in [0.3, 0.4) is 0 Å². The molecule has 0 saturated carbocycles. The maximum Gasteiger partial charge on any atom is 0.0499 e. The van der Waals surface area contributed by atoms with Gasteiger partial charge in [0.2, 0.25) is 0 Å². The van der Waals surface area contributed by atoms with Crippen molar-refractivity contribution in [3.63, 3.8) is 0 Å². The van der Waals surface area contributed by atoms with E-state index in [2.05, 4.69) is 53.3 Å². The molecule has 1 aliphatic carbocycles. The van der Waals surface area contributed by atoms with E-state index in [0.717, 1.165) is 25.8 Å². The number of halogens is 1. The van der Waals surface area contributed by atoms with E-state index in [1.807, 2.05) is 0 Å². The molecule has 1 aliphatic rings. The summed E-state index contributed by atoms with van der Waals surface area (Å²) in [6.07, 6.45) is 4.36. The van der Waals surface area contributed by atoms with Crippen LogP contribution in [-0.2, 0) is 6.42 Å². The lowest BCUT2D eigenvalue weighted by Gasteiger charge is -2.31. The SMILES string of the molecule is CCC(CC)(CO)CNC1CCc2cc(Br)ccc21. The summed E-state index contributed by atoms with van der Waals surface area (Å²) < 4.78 is 1.17. The monoisotopic (exact) mass is 325 g/mol. The van der Waals surface area contributed by atoms with Gasteiger partial charge in [-0.2, -0.15) is 0 Å². The Balaban J connectivity index is 2.03. The highest BCUT2D eigenvalue weighted by atomic mass is 79.9. The summed E-state index contributed by atoms with van der Waals surface area (Å²) in [6.45, 7) is 5.51. The van der Waals surface area contributed by atoms with Crippen LogP contribution in [0.2, 0.25) is 0 Å². The van der Waals surface area contributed by atoms with Crippen LogP contribution in [0, 0.1) is 5.41 Å². The third-order valence-electron chi connectivity index (χ3n) is 4.74. The summed E-state index contributed by atoms with van der Waals surface area (Å²) in [7, 11) is 0. The van der Waals surface area contributed by atoms with E-state index < -0.39 is 0 Å². The van der Waals surface area contributed by atoms with E-state index in [9.17, 15) is 5.11 Å². The zero-order valence-corrected chi connectivity index (χ0v) is 13.5. The van der Waals surface area contributed by atoms with Crippen LogP contribution in [0.15, 0.2) is 22.7 Å². The predicted octanol–water partition coefficient (Wildman–Crippen LogP) is 3.82. The first-order valence-corrected chi connectivity index (χ1v) is 8.06. The van der Waals surface area contributed by atoms with Gasteiger partial charge >= 0.3 is 0 Å². The van der Waals surface area contributed by atoms with Gasteiger partial charge in [0.1, 0.15) is 0 Å². The average Bonchev–Trinajstić information content (AvgIpc) is 2.83. The van der Waals surface area contributed by atoms with Gasteiger partial charge < -0.3 is 10.4 Å². The van der Waals surface area contributed by atoms with E-state index >= 15 is 0 Å². The van der Waals surface area contributed by atoms with Crippen LogP contribution in [0.5, 0.6) is 0 Å². The van der Waals surface area contributed by atoms with Crippen molar-refractivity contribution in [3.05, 3.63) is 33.8 Å². The first kappa shape index (κ1) is 15.0. The molecule has 1 unspecified atom stereocenters. The van der Waals surface area contributed by atoms with Crippen LogP contribution in [-0.4, -0.2) is 18.3 Å². The minimum Gasteiger partial charge on any atom is -0.396 e. The molecule has 106 valence electrons. The summed E-state index contributed by atoms with van der Waals surface area (Å²) >= 11 is 3.54. The van der Waals surface area contributed by atoms with E-state index in [4.69, 9.17) is 0 Å². The third kappa shape index (κ3) is 3.21. The summed E-state index contributed by atoms with van der Waals surface area (Å²) in [4.78, 5) is 0. The number of fused-ring (bicyclic) bond motifs is 1. The fourth-order valence-electron chi connectivity index (χ4n) is 2.92. The second kappa shape index (κ2) is 6.38. The first-order valence-electron chi connectivity index (χ1n) is 7.26. The van der Waals surface area contributed by atoms with Gasteiger partial charge in [0, 0.05) is 29.1 Å². The molecule has 3 heteroatoms. The van der Waals surface area contributed by atoms with Crippen molar-refractivity contribution in [1.82, 2.24) is 5.32 Å². The largest absolute Gasteiger partial charge is 0.396 e. The minimum atomic E-state index is 0.0398. The number of aliphatic hydroxyl groups excluding tert-OH is 1. The number of nitrogens with one attached hydrogen (secondary N) is 1. The van der Waals surface area contributed by atoms with Crippen molar-refractivity contribution in [2.24, 2.45) is 5.41 Å². The molecule has 19 heavy (non-hydrogen) atoms. The quantitative estimate of drug-likeness (QED) is 0.833. The lowest BCUT2D eigenvalue weighted by Crippen LogP contribution is -2.37. The number of benzene rings is 1. The molecule has 1 aromatic carbocycles. The molecule has 0 bridgehead atoms. The summed E-state index contributed by atoms with van der Waals surface area (Å²) in [5, 5.41) is 13.3. The highest BCUT2D eigenvalue weighted by Crippen LogP contribution is 2.34. The van der Waals surface area contributed by atoms with E-state index in [0.29, 0.717) is 6.04 Å². The van der Waals surface area contributed by atoms with Crippen molar-refractivity contribution in [2.45, 2.75) is 45.6 Å². The molecule has 2 N–H and O–H groups in total. The molecular weight excluding hydrogens is 302 g/mol. The zero-order valence-electron chi connectivity index (χ0n) is 11.9. The summed E-state index contributed by atoms with van der Waals surface area (Å²) in [6, 6.07) is 7.03. The predicted molar refractivity (Wildman–Crippen MR) is 83.3 cm³/mol. The Kier molecular flexibility index (Phi) is 5.04. The Morgan fingerprint density at radius 2 is 2.11 bits per heavy atom. The van der Waals surface area contributed by atoms with Gasteiger partial charge in [-0.15, -0.1) is 0 Å². The Labute approximate surface area is 124 Å². The summed E-state index contributed by atoms with van der Waals surface area (Å²) in [5.41, 5.74) is 2.93. The van der Waals surface area contributed by atoms with E-state index in [1.54, 1.807) is 0 Å². The fourth-order valence-corrected chi connectivity index (χ4v) is 3.33. The standard InChI is InChI=1S/C16H24BrNO/c1-3-16(4-2,11-19)10-18-15-8-5-12-9-13(17)6-7-14(12)15/h6-7,9,15,18-19H,3-5,8,10-11H2,1-2H3. The lowest BCUT2D eigenvalue weighted by atomic mass is 9.83. The number of rotatable bonds is 6. The van der Waals surface area contributed by atoms with Gasteiger partial charge in [0.25, 0.3) is 0 Å². The summed E-state index contributed by atoms with van der Waals surface area (Å²) in [5.74, 6) is 0. The number of hydrogen-bond acceptors (Lipinski definition) is 2. The second-order valence-corrected chi connectivity index (χ2v) is 6.60. The Bertz CT molecular complexity index is 420. The van der Waals surface area contributed by atoms with Crippen LogP contribution >= 0.6 is 15.9 Å². The van der Waals surface area contributed by atoms with Gasteiger partial charge in [-0.1, -0.05) is 35.8 Å². The van der Waals surface area contributed by atoms with Gasteiger partial charge in [-0.3, -0.25) is 0 Å². The van der Waals surface area contributed by atoms with Crippen molar-refractivity contribution in [2.75, 3.05) is 13.2 Å². The number of aryl methyl sites for hydroxylation is 1. The van der Waals surface area contributed by atoms with Gasteiger partial charge in [-0.05, 0) is 48.9 Å². The average molecular weight is 326 g/mol. The van der Waals surface area contributed by atoms with Gasteiger partial charge in [-0.25, -0.2) is 0 Å². The third-order valence-corrected chi connectivity index (χ3v) is 5.23. The normalized spacial score (nSPS) is 18.6. The fraction of sp³-hybridized carbons (Fsp3) is 0.625. The molecule has 0 saturated heterocycles. The second-order valence-electron chi connectivity index (χ2n) is 5.68. The maximum absolute atomic E-state index is 9.64. The van der Waals surface area contributed by atoms with Crippen LogP contribution < -0.4 is 5.32 Å². The van der Waals surface area contributed by atoms with Crippen LogP contribution in [0.1, 0.15) is 50.3 Å². The Morgan fingerprint density at radius 1 is 1.37 bits per heavy atom. The minimum absolute atomic E-state index is 0.0398. The van der Waals surface area contributed by atoms with Crippen LogP contribution in [0.25, 0.3) is 0 Å². The van der Waals surface area contributed by atoms with E-state index in [1.165, 1.54) is 22.0 Å². The molecular formula is C16H24BrNO. The molecule has 0 aromatic heterocycles. The molecule has 0 fully saturated rings. The zero-order chi connectivity index (χ0) is 13.9. The molecule has 1 atom stereocenters. The number of hydrogen-bond donors (Lipinski definition) is 2. The topological polar surface area (TPSA) is 32.3 Å². The van der Waals surface area contributed by atoms with Crippen molar-refractivity contribution in [3.8, 4) is 0 Å². The molecule has 0 heterocycles. The van der Waals surface area contributed by atoms with Crippen molar-refractivity contribution >= 4 is 15.9 Å². The lowest BCUT2D eigenvalue weighted by molar-refractivity contribution is 0.109. The Morgan fingerprint density at radius 3 is 2.74 bits per heavy atom. The molecule has 2 nitrogen and oxygen atoms in total. The highest BCUT2D eigenvalue weighted by molar-refractivity contribution is 9.10. The molecule has 0 amide bonds. The molecule has 0 aliphatic heterocycles. The van der Waals surface area contributed by atoms with Gasteiger partial charge in [0.05, 0.1) is 0 Å². The molecule has 0 radical (unpaired) electrons. The first-order chi connectivity index (χ1) is 9.14.